The Morgan fingerprint density at radius 1 is 1.16 bits per heavy atom. The van der Waals surface area contributed by atoms with Gasteiger partial charge in [0.2, 0.25) is 15.9 Å². The number of benzene rings is 2. The fraction of sp³-hybridized carbons (Fsp3) is 0.154. The lowest BCUT2D eigenvalue weighted by Crippen LogP contribution is -2.42. The minimum Gasteiger partial charge on any atom is -0.368 e. The fourth-order valence-electron chi connectivity index (χ4n) is 1.78. The summed E-state index contributed by atoms with van der Waals surface area (Å²) in [5.74, 6) is -0.719. The van der Waals surface area contributed by atoms with Gasteiger partial charge in [-0.1, -0.05) is 36.4 Å². The van der Waals surface area contributed by atoms with Gasteiger partial charge in [-0.3, -0.25) is 4.79 Å². The normalized spacial score (nSPS) is 13.3. The number of sulfonamides is 1. The van der Waals surface area contributed by atoms with E-state index in [2.05, 4.69) is 4.72 Å². The van der Waals surface area contributed by atoms with Crippen LogP contribution < -0.4 is 10.5 Å². The number of fused-ring (bicyclic) bond motifs is 1. The summed E-state index contributed by atoms with van der Waals surface area (Å²) in [4.78, 5) is 11.1. The first-order chi connectivity index (χ1) is 8.92. The number of amides is 1. The zero-order valence-corrected chi connectivity index (χ0v) is 11.1. The van der Waals surface area contributed by atoms with Crippen molar-refractivity contribution in [2.24, 2.45) is 5.73 Å². The third-order valence-corrected chi connectivity index (χ3v) is 4.40. The molecular weight excluding hydrogens is 264 g/mol. The first kappa shape index (κ1) is 13.5. The van der Waals surface area contributed by atoms with Gasteiger partial charge in [-0.2, -0.15) is 4.72 Å². The van der Waals surface area contributed by atoms with Crippen molar-refractivity contribution in [3.63, 3.8) is 0 Å². The van der Waals surface area contributed by atoms with Crippen LogP contribution in [0.5, 0.6) is 0 Å². The van der Waals surface area contributed by atoms with Crippen LogP contribution in [0.15, 0.2) is 47.4 Å². The summed E-state index contributed by atoms with van der Waals surface area (Å²) in [6.45, 7) is 1.41. The van der Waals surface area contributed by atoms with Crippen LogP contribution in [0.25, 0.3) is 10.8 Å². The van der Waals surface area contributed by atoms with E-state index < -0.39 is 22.0 Å². The van der Waals surface area contributed by atoms with Gasteiger partial charge in [0.1, 0.15) is 0 Å². The van der Waals surface area contributed by atoms with Gasteiger partial charge in [-0.05, 0) is 18.4 Å². The van der Waals surface area contributed by atoms with Crippen LogP contribution in [0.1, 0.15) is 6.92 Å². The Labute approximate surface area is 111 Å². The number of carbonyl (C=O) groups is 1. The number of primary amides is 1. The van der Waals surface area contributed by atoms with E-state index in [-0.39, 0.29) is 4.90 Å². The zero-order chi connectivity index (χ0) is 14.0. The van der Waals surface area contributed by atoms with Crippen molar-refractivity contribution in [1.29, 1.82) is 0 Å². The first-order valence-corrected chi connectivity index (χ1v) is 7.19. The molecule has 1 amide bonds. The van der Waals surface area contributed by atoms with E-state index in [9.17, 15) is 13.2 Å². The highest BCUT2D eigenvalue weighted by atomic mass is 32.2. The van der Waals surface area contributed by atoms with Crippen molar-refractivity contribution in [2.45, 2.75) is 17.9 Å². The lowest BCUT2D eigenvalue weighted by atomic mass is 10.1. The Balaban J connectivity index is 2.52. The largest absolute Gasteiger partial charge is 0.368 e. The molecule has 2 rings (SSSR count). The molecule has 0 fully saturated rings. The maximum absolute atomic E-state index is 12.2. The number of rotatable bonds is 4. The SMILES string of the molecule is CC(NS(=O)(=O)c1cccc2ccccc12)C(N)=O. The second-order valence-corrected chi connectivity index (χ2v) is 5.91. The molecule has 0 aliphatic carbocycles. The highest BCUT2D eigenvalue weighted by Gasteiger charge is 2.21. The van der Waals surface area contributed by atoms with E-state index in [1.54, 1.807) is 18.2 Å². The van der Waals surface area contributed by atoms with E-state index in [0.29, 0.717) is 5.39 Å². The molecule has 0 aliphatic heterocycles. The predicted molar refractivity (Wildman–Crippen MR) is 72.9 cm³/mol. The highest BCUT2D eigenvalue weighted by molar-refractivity contribution is 7.89. The molecule has 2 aromatic carbocycles. The van der Waals surface area contributed by atoms with Gasteiger partial charge >= 0.3 is 0 Å². The molecule has 0 spiro atoms. The molecule has 1 unspecified atom stereocenters. The molecule has 100 valence electrons. The summed E-state index contributed by atoms with van der Waals surface area (Å²) in [6, 6.07) is 11.2. The van der Waals surface area contributed by atoms with Crippen molar-refractivity contribution in [1.82, 2.24) is 4.72 Å². The molecule has 5 nitrogen and oxygen atoms in total. The summed E-state index contributed by atoms with van der Waals surface area (Å²) in [5.41, 5.74) is 5.07. The molecule has 2 aromatic rings. The Hall–Kier alpha value is -1.92. The first-order valence-electron chi connectivity index (χ1n) is 5.71. The number of nitrogens with one attached hydrogen (secondary N) is 1. The molecule has 6 heteroatoms. The summed E-state index contributed by atoms with van der Waals surface area (Å²) in [5, 5.41) is 1.42. The minimum atomic E-state index is -3.78. The predicted octanol–water partition coefficient (Wildman–Crippen LogP) is 0.992. The molecule has 0 aliphatic rings. The lowest BCUT2D eigenvalue weighted by Gasteiger charge is -2.12. The average Bonchev–Trinajstić information content (AvgIpc) is 2.37. The third-order valence-electron chi connectivity index (χ3n) is 2.80. The van der Waals surface area contributed by atoms with Gasteiger partial charge in [0.25, 0.3) is 0 Å². The Bertz CT molecular complexity index is 720. The van der Waals surface area contributed by atoms with Gasteiger partial charge in [0, 0.05) is 5.39 Å². The van der Waals surface area contributed by atoms with Crippen molar-refractivity contribution in [3.05, 3.63) is 42.5 Å². The molecule has 0 radical (unpaired) electrons. The van der Waals surface area contributed by atoms with Crippen LogP contribution >= 0.6 is 0 Å². The van der Waals surface area contributed by atoms with Gasteiger partial charge < -0.3 is 5.73 Å². The van der Waals surface area contributed by atoms with Crippen LogP contribution in [0.3, 0.4) is 0 Å². The smallest absolute Gasteiger partial charge is 0.241 e. The number of hydrogen-bond donors (Lipinski definition) is 2. The van der Waals surface area contributed by atoms with Crippen molar-refractivity contribution in [3.8, 4) is 0 Å². The molecule has 0 heterocycles. The van der Waals surface area contributed by atoms with E-state index in [4.69, 9.17) is 5.73 Å². The van der Waals surface area contributed by atoms with Gasteiger partial charge in [0.15, 0.2) is 0 Å². The molecule has 0 saturated carbocycles. The standard InChI is InChI=1S/C13H14N2O3S/c1-9(13(14)16)15-19(17,18)12-8-4-6-10-5-2-3-7-11(10)12/h2-9,15H,1H3,(H2,14,16). The summed E-state index contributed by atoms with van der Waals surface area (Å²) < 4.78 is 26.7. The second kappa shape index (κ2) is 4.99. The van der Waals surface area contributed by atoms with Crippen molar-refractivity contribution >= 4 is 26.7 Å². The molecule has 19 heavy (non-hydrogen) atoms. The van der Waals surface area contributed by atoms with E-state index >= 15 is 0 Å². The van der Waals surface area contributed by atoms with Crippen LogP contribution in [0.2, 0.25) is 0 Å². The van der Waals surface area contributed by atoms with Crippen LogP contribution in [-0.4, -0.2) is 20.4 Å². The molecule has 0 saturated heterocycles. The Morgan fingerprint density at radius 3 is 2.47 bits per heavy atom. The molecule has 3 N–H and O–H groups in total. The van der Waals surface area contributed by atoms with E-state index in [1.165, 1.54) is 13.0 Å². The lowest BCUT2D eigenvalue weighted by molar-refractivity contribution is -0.119. The second-order valence-electron chi connectivity index (χ2n) is 4.22. The van der Waals surface area contributed by atoms with Crippen LogP contribution in [-0.2, 0) is 14.8 Å². The van der Waals surface area contributed by atoms with E-state index in [1.807, 2.05) is 18.2 Å². The Morgan fingerprint density at radius 2 is 1.79 bits per heavy atom. The van der Waals surface area contributed by atoms with Gasteiger partial charge in [-0.25, -0.2) is 8.42 Å². The number of nitrogens with two attached hydrogens (primary N) is 1. The van der Waals surface area contributed by atoms with Crippen molar-refractivity contribution in [2.75, 3.05) is 0 Å². The molecule has 1 atom stereocenters. The maximum atomic E-state index is 12.2. The monoisotopic (exact) mass is 278 g/mol. The fourth-order valence-corrected chi connectivity index (χ4v) is 3.23. The highest BCUT2D eigenvalue weighted by Crippen LogP contribution is 2.22. The Kier molecular flexibility index (Phi) is 3.55. The average molecular weight is 278 g/mol. The van der Waals surface area contributed by atoms with Gasteiger partial charge in [0.05, 0.1) is 10.9 Å². The molecule has 0 aromatic heterocycles. The van der Waals surface area contributed by atoms with E-state index in [0.717, 1.165) is 5.39 Å². The molecule has 0 bridgehead atoms. The topological polar surface area (TPSA) is 89.3 Å². The van der Waals surface area contributed by atoms with Crippen LogP contribution in [0.4, 0.5) is 0 Å². The maximum Gasteiger partial charge on any atom is 0.241 e. The minimum absolute atomic E-state index is 0.138. The summed E-state index contributed by atoms with van der Waals surface area (Å²) >= 11 is 0. The molecular formula is C13H14N2O3S. The quantitative estimate of drug-likeness (QED) is 0.874. The summed E-state index contributed by atoms with van der Waals surface area (Å²) in [7, 11) is -3.78. The summed E-state index contributed by atoms with van der Waals surface area (Å²) in [6.07, 6.45) is 0. The number of carbonyl (C=O) groups excluding carboxylic acids is 1. The van der Waals surface area contributed by atoms with Crippen LogP contribution in [0, 0.1) is 0 Å². The zero-order valence-electron chi connectivity index (χ0n) is 10.3. The number of hydrogen-bond acceptors (Lipinski definition) is 3. The third kappa shape index (κ3) is 2.74. The van der Waals surface area contributed by atoms with Gasteiger partial charge in [-0.15, -0.1) is 0 Å². The van der Waals surface area contributed by atoms with Crippen molar-refractivity contribution < 1.29 is 13.2 Å².